The van der Waals surface area contributed by atoms with E-state index in [0.29, 0.717) is 38.5 Å². The molecule has 158 valence electrons. The van der Waals surface area contributed by atoms with Gasteiger partial charge in [0.1, 0.15) is 5.75 Å². The van der Waals surface area contributed by atoms with E-state index in [1.165, 1.54) is 0 Å². The predicted octanol–water partition coefficient (Wildman–Crippen LogP) is 1.32. The maximum Gasteiger partial charge on any atom is 0.218 e. The lowest BCUT2D eigenvalue weighted by Gasteiger charge is -2.33. The van der Waals surface area contributed by atoms with Crippen molar-refractivity contribution in [3.8, 4) is 11.4 Å². The molecule has 30 heavy (non-hydrogen) atoms. The summed E-state index contributed by atoms with van der Waals surface area (Å²) < 4.78 is 33.9. The number of methoxy groups -OCH3 is 1. The Labute approximate surface area is 175 Å². The highest BCUT2D eigenvalue weighted by Crippen LogP contribution is 2.17. The van der Waals surface area contributed by atoms with Crippen LogP contribution in [0.2, 0.25) is 0 Å². The van der Waals surface area contributed by atoms with Crippen LogP contribution in [0.1, 0.15) is 11.4 Å². The van der Waals surface area contributed by atoms with Crippen LogP contribution in [0, 0.1) is 0 Å². The lowest BCUT2D eigenvalue weighted by Crippen LogP contribution is -2.48. The third-order valence-electron chi connectivity index (χ3n) is 5.13. The molecule has 1 aliphatic rings. The molecule has 1 saturated heterocycles. The predicted molar refractivity (Wildman–Crippen MR) is 112 cm³/mol. The average Bonchev–Trinajstić information content (AvgIpc) is 3.23. The van der Waals surface area contributed by atoms with Crippen LogP contribution in [0.25, 0.3) is 5.69 Å². The summed E-state index contributed by atoms with van der Waals surface area (Å²) >= 11 is 0. The number of ether oxygens (including phenoxy) is 1. The van der Waals surface area contributed by atoms with Crippen LogP contribution in [-0.2, 0) is 22.3 Å². The second-order valence-electron chi connectivity index (χ2n) is 7.12. The van der Waals surface area contributed by atoms with E-state index in [2.05, 4.69) is 20.4 Å². The van der Waals surface area contributed by atoms with Gasteiger partial charge in [-0.05, 0) is 40.3 Å². The van der Waals surface area contributed by atoms with Gasteiger partial charge in [0.05, 0.1) is 25.1 Å². The highest BCUT2D eigenvalue weighted by Gasteiger charge is 2.27. The van der Waals surface area contributed by atoms with E-state index in [1.807, 2.05) is 54.6 Å². The Hall–Kier alpha value is -2.82. The molecule has 2 heterocycles. The van der Waals surface area contributed by atoms with Gasteiger partial charge in [-0.15, -0.1) is 5.10 Å². The molecule has 0 amide bonds. The van der Waals surface area contributed by atoms with Gasteiger partial charge < -0.3 is 4.74 Å². The van der Waals surface area contributed by atoms with E-state index in [9.17, 15) is 8.42 Å². The Kier molecular flexibility index (Phi) is 6.07. The maximum atomic E-state index is 12.7. The Balaban J connectivity index is 1.37. The fraction of sp³-hybridized carbons (Fsp3) is 0.350. The number of tetrazole rings is 1. The van der Waals surface area contributed by atoms with E-state index in [1.54, 1.807) is 16.1 Å². The standard InChI is InChI=1S/C20H24N6O3S/c1-29-19-9-7-18(8-10-19)26-20(21-22-23-26)15-24-11-13-25(14-12-24)30(27,28)16-17-5-3-2-4-6-17/h2-10H,11-16H2,1H3. The molecule has 0 unspecified atom stereocenters. The highest BCUT2D eigenvalue weighted by molar-refractivity contribution is 7.88. The first-order valence-electron chi connectivity index (χ1n) is 9.71. The van der Waals surface area contributed by atoms with Crippen LogP contribution in [0.3, 0.4) is 0 Å². The third kappa shape index (κ3) is 4.66. The van der Waals surface area contributed by atoms with Crippen molar-refractivity contribution in [1.82, 2.24) is 29.4 Å². The molecular formula is C20H24N6O3S. The first kappa shape index (κ1) is 20.5. The van der Waals surface area contributed by atoms with E-state index >= 15 is 0 Å². The fourth-order valence-corrected chi connectivity index (χ4v) is 4.99. The Bertz CT molecular complexity index is 1060. The summed E-state index contributed by atoms with van der Waals surface area (Å²) in [4.78, 5) is 2.17. The normalized spacial score (nSPS) is 15.9. The molecule has 0 aliphatic carbocycles. The molecule has 0 spiro atoms. The second-order valence-corrected chi connectivity index (χ2v) is 9.09. The summed E-state index contributed by atoms with van der Waals surface area (Å²) in [5.41, 5.74) is 1.65. The number of rotatable bonds is 7. The second kappa shape index (κ2) is 8.90. The molecule has 0 bridgehead atoms. The first-order valence-corrected chi connectivity index (χ1v) is 11.3. The molecule has 0 atom stereocenters. The Morgan fingerprint density at radius 3 is 2.33 bits per heavy atom. The molecule has 3 aromatic rings. The van der Waals surface area contributed by atoms with Crippen LogP contribution in [0.5, 0.6) is 5.75 Å². The molecular weight excluding hydrogens is 404 g/mol. The topological polar surface area (TPSA) is 93.4 Å². The lowest BCUT2D eigenvalue weighted by atomic mass is 10.2. The van der Waals surface area contributed by atoms with E-state index in [-0.39, 0.29) is 5.75 Å². The van der Waals surface area contributed by atoms with Crippen LogP contribution in [0.15, 0.2) is 54.6 Å². The molecule has 1 aliphatic heterocycles. The van der Waals surface area contributed by atoms with Crippen molar-refractivity contribution in [1.29, 1.82) is 0 Å². The maximum absolute atomic E-state index is 12.7. The average molecular weight is 429 g/mol. The van der Waals surface area contributed by atoms with Crippen molar-refractivity contribution < 1.29 is 13.2 Å². The fourth-order valence-electron chi connectivity index (χ4n) is 3.47. The van der Waals surface area contributed by atoms with Gasteiger partial charge in [0.2, 0.25) is 10.0 Å². The molecule has 2 aromatic carbocycles. The van der Waals surface area contributed by atoms with Crippen molar-refractivity contribution in [3.05, 3.63) is 66.0 Å². The van der Waals surface area contributed by atoms with Crippen molar-refractivity contribution in [3.63, 3.8) is 0 Å². The number of nitrogens with zero attached hydrogens (tertiary/aromatic N) is 6. The molecule has 0 saturated carbocycles. The number of benzene rings is 2. The molecule has 0 radical (unpaired) electrons. The van der Waals surface area contributed by atoms with Crippen molar-refractivity contribution in [2.45, 2.75) is 12.3 Å². The molecule has 1 fully saturated rings. The zero-order chi connectivity index (χ0) is 21.0. The number of hydrogen-bond donors (Lipinski definition) is 0. The quantitative estimate of drug-likeness (QED) is 0.560. The van der Waals surface area contributed by atoms with Gasteiger partial charge >= 0.3 is 0 Å². The highest BCUT2D eigenvalue weighted by atomic mass is 32.2. The molecule has 0 N–H and O–H groups in total. The number of aromatic nitrogens is 4. The smallest absolute Gasteiger partial charge is 0.218 e. The van der Waals surface area contributed by atoms with Gasteiger partial charge in [-0.1, -0.05) is 30.3 Å². The minimum atomic E-state index is -3.33. The van der Waals surface area contributed by atoms with Gasteiger partial charge in [0.25, 0.3) is 0 Å². The van der Waals surface area contributed by atoms with Crippen molar-refractivity contribution >= 4 is 10.0 Å². The number of hydrogen-bond acceptors (Lipinski definition) is 7. The number of piperazine rings is 1. The van der Waals surface area contributed by atoms with E-state index in [0.717, 1.165) is 17.0 Å². The monoisotopic (exact) mass is 428 g/mol. The van der Waals surface area contributed by atoms with Gasteiger partial charge in [-0.2, -0.15) is 8.99 Å². The first-order chi connectivity index (χ1) is 14.5. The summed E-state index contributed by atoms with van der Waals surface area (Å²) in [6, 6.07) is 16.8. The number of sulfonamides is 1. The summed E-state index contributed by atoms with van der Waals surface area (Å²) in [5.74, 6) is 1.51. The summed E-state index contributed by atoms with van der Waals surface area (Å²) in [7, 11) is -1.71. The van der Waals surface area contributed by atoms with Crippen LogP contribution in [-0.4, -0.2) is 71.1 Å². The molecule has 4 rings (SSSR count). The summed E-state index contributed by atoms with van der Waals surface area (Å²) in [6.07, 6.45) is 0. The summed E-state index contributed by atoms with van der Waals surface area (Å²) in [5, 5.41) is 12.0. The van der Waals surface area contributed by atoms with Crippen LogP contribution in [0.4, 0.5) is 0 Å². The van der Waals surface area contributed by atoms with E-state index in [4.69, 9.17) is 4.74 Å². The minimum Gasteiger partial charge on any atom is -0.497 e. The van der Waals surface area contributed by atoms with Crippen LogP contribution < -0.4 is 4.74 Å². The van der Waals surface area contributed by atoms with Gasteiger partial charge in [0, 0.05) is 26.2 Å². The van der Waals surface area contributed by atoms with Gasteiger partial charge in [-0.3, -0.25) is 4.90 Å². The summed E-state index contributed by atoms with van der Waals surface area (Å²) in [6.45, 7) is 2.72. The largest absolute Gasteiger partial charge is 0.497 e. The minimum absolute atomic E-state index is 0.0313. The SMILES string of the molecule is COc1ccc(-n2nnnc2CN2CCN(S(=O)(=O)Cc3ccccc3)CC2)cc1. The molecule has 1 aromatic heterocycles. The molecule has 9 nitrogen and oxygen atoms in total. The third-order valence-corrected chi connectivity index (χ3v) is 6.98. The lowest BCUT2D eigenvalue weighted by molar-refractivity contribution is 0.177. The zero-order valence-corrected chi connectivity index (χ0v) is 17.6. The zero-order valence-electron chi connectivity index (χ0n) is 16.8. The van der Waals surface area contributed by atoms with Crippen molar-refractivity contribution in [2.24, 2.45) is 0 Å². The van der Waals surface area contributed by atoms with Crippen molar-refractivity contribution in [2.75, 3.05) is 33.3 Å². The van der Waals surface area contributed by atoms with Gasteiger partial charge in [-0.25, -0.2) is 8.42 Å². The Morgan fingerprint density at radius 1 is 0.967 bits per heavy atom. The molecule has 10 heteroatoms. The van der Waals surface area contributed by atoms with E-state index < -0.39 is 10.0 Å². The Morgan fingerprint density at radius 2 is 1.67 bits per heavy atom. The van der Waals surface area contributed by atoms with Crippen LogP contribution >= 0.6 is 0 Å². The van der Waals surface area contributed by atoms with Gasteiger partial charge in [0.15, 0.2) is 5.82 Å².